The van der Waals surface area contributed by atoms with Crippen molar-refractivity contribution < 1.29 is 19.2 Å². The van der Waals surface area contributed by atoms with Crippen LogP contribution in [0.15, 0.2) is 29.6 Å². The van der Waals surface area contributed by atoms with Crippen LogP contribution in [0.5, 0.6) is 0 Å². The second-order valence-electron chi connectivity index (χ2n) is 6.21. The van der Waals surface area contributed by atoms with E-state index in [0.717, 1.165) is 19.3 Å². The van der Waals surface area contributed by atoms with Crippen LogP contribution in [0, 0.1) is 10.1 Å². The van der Waals surface area contributed by atoms with Crippen molar-refractivity contribution in [1.82, 2.24) is 9.88 Å². The Morgan fingerprint density at radius 2 is 1.97 bits per heavy atom. The van der Waals surface area contributed by atoms with Crippen molar-refractivity contribution in [2.24, 2.45) is 0 Å². The van der Waals surface area contributed by atoms with E-state index >= 15 is 0 Å². The standard InChI is InChI=1S/C19H24N4O5S/c1-3-5-6-11-22(12-17-21-16(13-29-17)18(24)28-4-2)19(25)20-14-7-9-15(10-8-14)23(26)27/h7-10,13H,3-6,11-12H2,1-2H3,(H,20,25). The predicted molar refractivity (Wildman–Crippen MR) is 110 cm³/mol. The molecule has 0 aliphatic carbocycles. The maximum Gasteiger partial charge on any atom is 0.357 e. The SMILES string of the molecule is CCCCCN(Cc1nc(C(=O)OCC)cs1)C(=O)Nc1ccc([N+](=O)[O-])cc1. The van der Waals surface area contributed by atoms with E-state index in [1.807, 2.05) is 0 Å². The van der Waals surface area contributed by atoms with Gasteiger partial charge in [0.2, 0.25) is 0 Å². The van der Waals surface area contributed by atoms with Crippen LogP contribution in [0.2, 0.25) is 0 Å². The molecule has 0 spiro atoms. The zero-order valence-electron chi connectivity index (χ0n) is 16.4. The Bertz CT molecular complexity index is 837. The number of esters is 1. The number of nitro groups is 1. The Balaban J connectivity index is 2.07. The van der Waals surface area contributed by atoms with Crippen LogP contribution in [0.25, 0.3) is 0 Å². The Kier molecular flexibility index (Phi) is 8.53. The van der Waals surface area contributed by atoms with Crippen molar-refractivity contribution in [3.63, 3.8) is 0 Å². The van der Waals surface area contributed by atoms with Gasteiger partial charge in [-0.25, -0.2) is 14.6 Å². The fourth-order valence-corrected chi connectivity index (χ4v) is 3.30. The number of ether oxygens (including phenoxy) is 1. The van der Waals surface area contributed by atoms with Crippen LogP contribution in [0.4, 0.5) is 16.2 Å². The lowest BCUT2D eigenvalue weighted by Crippen LogP contribution is -2.35. The van der Waals surface area contributed by atoms with E-state index in [-0.39, 0.29) is 30.6 Å². The molecular formula is C19H24N4O5S. The number of anilines is 1. The third-order valence-electron chi connectivity index (χ3n) is 4.01. The number of hydrogen-bond acceptors (Lipinski definition) is 7. The topological polar surface area (TPSA) is 115 Å². The maximum atomic E-state index is 12.7. The van der Waals surface area contributed by atoms with Gasteiger partial charge in [-0.05, 0) is 25.5 Å². The molecule has 0 unspecified atom stereocenters. The number of nitrogens with one attached hydrogen (secondary N) is 1. The van der Waals surface area contributed by atoms with E-state index in [4.69, 9.17) is 4.74 Å². The average molecular weight is 420 g/mol. The number of nitro benzene ring substituents is 1. The molecule has 1 aromatic carbocycles. The number of aromatic nitrogens is 1. The molecule has 1 N–H and O–H groups in total. The third kappa shape index (κ3) is 6.83. The number of carbonyl (C=O) groups is 2. The number of thiazole rings is 1. The van der Waals surface area contributed by atoms with Crippen molar-refractivity contribution in [2.75, 3.05) is 18.5 Å². The highest BCUT2D eigenvalue weighted by atomic mass is 32.1. The average Bonchev–Trinajstić information content (AvgIpc) is 3.16. The minimum atomic E-state index is -0.494. The molecule has 2 amide bonds. The van der Waals surface area contributed by atoms with Crippen molar-refractivity contribution in [1.29, 1.82) is 0 Å². The zero-order valence-corrected chi connectivity index (χ0v) is 17.2. The summed E-state index contributed by atoms with van der Waals surface area (Å²) < 4.78 is 4.94. The number of urea groups is 1. The second kappa shape index (κ2) is 11.1. The summed E-state index contributed by atoms with van der Waals surface area (Å²) in [6.07, 6.45) is 2.83. The first-order valence-corrected chi connectivity index (χ1v) is 10.2. The number of hydrogen-bond donors (Lipinski definition) is 1. The molecule has 2 aromatic rings. The van der Waals surface area contributed by atoms with Crippen LogP contribution in [-0.2, 0) is 11.3 Å². The molecule has 1 aromatic heterocycles. The van der Waals surface area contributed by atoms with Crippen LogP contribution in [-0.4, -0.2) is 40.0 Å². The Morgan fingerprint density at radius 3 is 2.59 bits per heavy atom. The molecule has 9 nitrogen and oxygen atoms in total. The summed E-state index contributed by atoms with van der Waals surface area (Å²) in [5.41, 5.74) is 0.653. The van der Waals surface area contributed by atoms with Crippen LogP contribution in [0.3, 0.4) is 0 Å². The van der Waals surface area contributed by atoms with Gasteiger partial charge in [0.25, 0.3) is 5.69 Å². The predicted octanol–water partition coefficient (Wildman–Crippen LogP) is 4.45. The van der Waals surface area contributed by atoms with E-state index in [0.29, 0.717) is 17.2 Å². The van der Waals surface area contributed by atoms with Gasteiger partial charge in [0.05, 0.1) is 18.1 Å². The van der Waals surface area contributed by atoms with Crippen molar-refractivity contribution in [3.8, 4) is 0 Å². The first-order valence-electron chi connectivity index (χ1n) is 9.36. The van der Waals surface area contributed by atoms with Crippen molar-refractivity contribution >= 4 is 34.7 Å². The highest BCUT2D eigenvalue weighted by Gasteiger charge is 2.18. The molecule has 29 heavy (non-hydrogen) atoms. The van der Waals surface area contributed by atoms with Crippen LogP contribution in [0.1, 0.15) is 48.6 Å². The second-order valence-corrected chi connectivity index (χ2v) is 7.15. The Labute approximate surface area is 172 Å². The summed E-state index contributed by atoms with van der Waals surface area (Å²) in [4.78, 5) is 40.7. The van der Waals surface area contributed by atoms with Crippen LogP contribution >= 0.6 is 11.3 Å². The Morgan fingerprint density at radius 1 is 1.24 bits per heavy atom. The number of rotatable bonds is 10. The lowest BCUT2D eigenvalue weighted by atomic mass is 10.2. The van der Waals surface area contributed by atoms with Gasteiger partial charge < -0.3 is 15.0 Å². The quantitative estimate of drug-likeness (QED) is 0.263. The summed E-state index contributed by atoms with van der Waals surface area (Å²) in [5.74, 6) is -0.483. The number of unbranched alkanes of at least 4 members (excludes halogenated alkanes) is 2. The largest absolute Gasteiger partial charge is 0.461 e. The molecule has 0 aliphatic heterocycles. The van der Waals surface area contributed by atoms with E-state index in [9.17, 15) is 19.7 Å². The van der Waals surface area contributed by atoms with Gasteiger partial charge in [0, 0.05) is 29.7 Å². The van der Waals surface area contributed by atoms with Gasteiger partial charge in [-0.2, -0.15) is 0 Å². The zero-order chi connectivity index (χ0) is 21.2. The fourth-order valence-electron chi connectivity index (χ4n) is 2.52. The molecule has 0 atom stereocenters. The van der Waals surface area contributed by atoms with Gasteiger partial charge >= 0.3 is 12.0 Å². The van der Waals surface area contributed by atoms with E-state index in [2.05, 4.69) is 17.2 Å². The minimum Gasteiger partial charge on any atom is -0.461 e. The van der Waals surface area contributed by atoms with Gasteiger partial charge in [0.1, 0.15) is 5.01 Å². The number of amides is 2. The molecule has 156 valence electrons. The lowest BCUT2D eigenvalue weighted by molar-refractivity contribution is -0.384. The third-order valence-corrected chi connectivity index (χ3v) is 4.84. The van der Waals surface area contributed by atoms with E-state index < -0.39 is 10.9 Å². The summed E-state index contributed by atoms with van der Waals surface area (Å²) in [5, 5.41) is 15.8. The number of carbonyl (C=O) groups excluding carboxylic acids is 2. The molecule has 0 radical (unpaired) electrons. The number of nitrogens with zero attached hydrogens (tertiary/aromatic N) is 3. The van der Waals surface area contributed by atoms with Gasteiger partial charge in [0.15, 0.2) is 5.69 Å². The van der Waals surface area contributed by atoms with Crippen molar-refractivity contribution in [2.45, 2.75) is 39.7 Å². The normalized spacial score (nSPS) is 10.4. The summed E-state index contributed by atoms with van der Waals surface area (Å²) in [6, 6.07) is 5.32. The Hall–Kier alpha value is -3.01. The lowest BCUT2D eigenvalue weighted by Gasteiger charge is -2.22. The highest BCUT2D eigenvalue weighted by molar-refractivity contribution is 7.09. The first-order chi connectivity index (χ1) is 13.9. The molecule has 0 saturated heterocycles. The molecule has 1 heterocycles. The summed E-state index contributed by atoms with van der Waals surface area (Å²) in [6.45, 7) is 4.86. The minimum absolute atomic E-state index is 0.0444. The molecule has 2 rings (SSSR count). The van der Waals surface area contributed by atoms with E-state index in [1.54, 1.807) is 17.2 Å². The number of non-ortho nitro benzene ring substituents is 1. The maximum absolute atomic E-state index is 12.7. The molecule has 0 fully saturated rings. The molecular weight excluding hydrogens is 396 g/mol. The highest BCUT2D eigenvalue weighted by Crippen LogP contribution is 2.18. The molecule has 0 aliphatic rings. The number of benzene rings is 1. The van der Waals surface area contributed by atoms with Crippen molar-refractivity contribution in [3.05, 3.63) is 50.5 Å². The first kappa shape index (κ1) is 22.3. The fraction of sp³-hybridized carbons (Fsp3) is 0.421. The van der Waals surface area contributed by atoms with Gasteiger partial charge in [-0.15, -0.1) is 11.3 Å². The van der Waals surface area contributed by atoms with Gasteiger partial charge in [-0.1, -0.05) is 19.8 Å². The summed E-state index contributed by atoms with van der Waals surface area (Å²) in [7, 11) is 0. The summed E-state index contributed by atoms with van der Waals surface area (Å²) >= 11 is 1.29. The monoisotopic (exact) mass is 420 g/mol. The van der Waals surface area contributed by atoms with E-state index in [1.165, 1.54) is 35.6 Å². The smallest absolute Gasteiger partial charge is 0.357 e. The molecule has 10 heteroatoms. The van der Waals surface area contributed by atoms with Crippen LogP contribution < -0.4 is 5.32 Å². The van der Waals surface area contributed by atoms with Gasteiger partial charge in [-0.3, -0.25) is 10.1 Å². The molecule has 0 saturated carbocycles. The molecule has 0 bridgehead atoms.